The second-order valence-electron chi connectivity index (χ2n) is 6.28. The van der Waals surface area contributed by atoms with Crippen LogP contribution in [0.4, 0.5) is 0 Å². The van der Waals surface area contributed by atoms with E-state index >= 15 is 0 Å². The van der Waals surface area contributed by atoms with Crippen LogP contribution in [-0.4, -0.2) is 49.3 Å². The first-order valence-electron chi connectivity index (χ1n) is 9.24. The van der Waals surface area contributed by atoms with Gasteiger partial charge in [0.05, 0.1) is 13.2 Å². The summed E-state index contributed by atoms with van der Waals surface area (Å²) in [6.45, 7) is 7.82. The number of thioether (sulfide) groups is 1. The lowest BCUT2D eigenvalue weighted by molar-refractivity contribution is 0.153. The molecule has 1 aliphatic heterocycles. The molecule has 1 fully saturated rings. The van der Waals surface area contributed by atoms with Crippen molar-refractivity contribution in [2.75, 3.05) is 32.1 Å². The van der Waals surface area contributed by atoms with Crippen LogP contribution in [0.3, 0.4) is 0 Å². The van der Waals surface area contributed by atoms with Gasteiger partial charge in [0.15, 0.2) is 5.96 Å². The standard InChI is InChI=1S/C18H33N3OS.HI/c1-3-19-18(20-11-8-15-9-12-22-13-10-15)21-16-6-5-7-17(14-16)23-4-2;/h9,16-17H,3-8,10-14H2,1-2H3,(H2,19,20,21);1H. The van der Waals surface area contributed by atoms with E-state index in [0.717, 1.165) is 50.4 Å². The van der Waals surface area contributed by atoms with E-state index in [1.54, 1.807) is 0 Å². The third-order valence-electron chi connectivity index (χ3n) is 4.47. The van der Waals surface area contributed by atoms with E-state index in [-0.39, 0.29) is 24.0 Å². The van der Waals surface area contributed by atoms with Crippen molar-refractivity contribution in [1.82, 2.24) is 10.6 Å². The number of aliphatic imine (C=N–C) groups is 1. The van der Waals surface area contributed by atoms with E-state index < -0.39 is 0 Å². The zero-order valence-corrected chi connectivity index (χ0v) is 18.3. The molecule has 2 unspecified atom stereocenters. The summed E-state index contributed by atoms with van der Waals surface area (Å²) in [6.07, 6.45) is 9.59. The minimum Gasteiger partial charge on any atom is -0.377 e. The molecular formula is C18H34IN3OS. The van der Waals surface area contributed by atoms with E-state index in [9.17, 15) is 0 Å². The van der Waals surface area contributed by atoms with Crippen molar-refractivity contribution >= 4 is 41.7 Å². The lowest BCUT2D eigenvalue weighted by Crippen LogP contribution is -2.45. The van der Waals surface area contributed by atoms with Crippen LogP contribution in [0.5, 0.6) is 0 Å². The van der Waals surface area contributed by atoms with Crippen LogP contribution in [0.25, 0.3) is 0 Å². The van der Waals surface area contributed by atoms with Crippen molar-refractivity contribution in [3.63, 3.8) is 0 Å². The van der Waals surface area contributed by atoms with Gasteiger partial charge in [-0.1, -0.05) is 25.0 Å². The second kappa shape index (κ2) is 13.3. The number of halogens is 1. The van der Waals surface area contributed by atoms with Crippen molar-refractivity contribution in [1.29, 1.82) is 0 Å². The predicted molar refractivity (Wildman–Crippen MR) is 117 cm³/mol. The van der Waals surface area contributed by atoms with E-state index in [2.05, 4.69) is 42.3 Å². The van der Waals surface area contributed by atoms with Gasteiger partial charge in [0.25, 0.3) is 0 Å². The third-order valence-corrected chi connectivity index (χ3v) is 5.71. The largest absolute Gasteiger partial charge is 0.377 e. The number of hydrogen-bond donors (Lipinski definition) is 2. The van der Waals surface area contributed by atoms with E-state index in [0.29, 0.717) is 6.04 Å². The van der Waals surface area contributed by atoms with Gasteiger partial charge < -0.3 is 15.4 Å². The average Bonchev–Trinajstić information content (AvgIpc) is 2.57. The van der Waals surface area contributed by atoms with Gasteiger partial charge in [-0.3, -0.25) is 4.99 Å². The molecule has 0 saturated heterocycles. The van der Waals surface area contributed by atoms with Crippen molar-refractivity contribution in [2.24, 2.45) is 4.99 Å². The Labute approximate surface area is 169 Å². The summed E-state index contributed by atoms with van der Waals surface area (Å²) >= 11 is 2.11. The molecule has 2 aliphatic rings. The van der Waals surface area contributed by atoms with Crippen LogP contribution in [0.2, 0.25) is 0 Å². The molecule has 140 valence electrons. The van der Waals surface area contributed by atoms with Crippen molar-refractivity contribution in [3.05, 3.63) is 11.6 Å². The van der Waals surface area contributed by atoms with E-state index in [1.165, 1.54) is 37.0 Å². The molecule has 0 aromatic carbocycles. The summed E-state index contributed by atoms with van der Waals surface area (Å²) < 4.78 is 5.36. The first-order valence-corrected chi connectivity index (χ1v) is 10.3. The molecule has 2 atom stereocenters. The first kappa shape index (κ1) is 22.1. The summed E-state index contributed by atoms with van der Waals surface area (Å²) in [5.41, 5.74) is 1.49. The number of guanidine groups is 1. The van der Waals surface area contributed by atoms with Gasteiger partial charge in [-0.25, -0.2) is 0 Å². The van der Waals surface area contributed by atoms with Crippen LogP contribution in [0.15, 0.2) is 16.6 Å². The van der Waals surface area contributed by atoms with Gasteiger partial charge in [0.2, 0.25) is 0 Å². The third kappa shape index (κ3) is 8.43. The molecule has 0 spiro atoms. The highest BCUT2D eigenvalue weighted by Crippen LogP contribution is 2.28. The molecule has 1 heterocycles. The fraction of sp³-hybridized carbons (Fsp3) is 0.833. The molecule has 0 radical (unpaired) electrons. The lowest BCUT2D eigenvalue weighted by atomic mass is 9.95. The van der Waals surface area contributed by atoms with E-state index in [1.807, 2.05) is 0 Å². The minimum absolute atomic E-state index is 0. The smallest absolute Gasteiger partial charge is 0.191 e. The van der Waals surface area contributed by atoms with Crippen LogP contribution < -0.4 is 10.6 Å². The highest BCUT2D eigenvalue weighted by atomic mass is 127. The monoisotopic (exact) mass is 467 g/mol. The van der Waals surface area contributed by atoms with Gasteiger partial charge in [-0.15, -0.1) is 24.0 Å². The normalized spacial score (nSPS) is 24.8. The Hall–Kier alpha value is 0.0500. The van der Waals surface area contributed by atoms with Crippen molar-refractivity contribution < 1.29 is 4.74 Å². The number of rotatable bonds is 7. The second-order valence-corrected chi connectivity index (χ2v) is 7.86. The fourth-order valence-corrected chi connectivity index (χ4v) is 4.45. The Morgan fingerprint density at radius 2 is 2.25 bits per heavy atom. The van der Waals surface area contributed by atoms with Crippen LogP contribution in [0, 0.1) is 0 Å². The van der Waals surface area contributed by atoms with Gasteiger partial charge >= 0.3 is 0 Å². The number of ether oxygens (including phenoxy) is 1. The Morgan fingerprint density at radius 1 is 1.38 bits per heavy atom. The zero-order valence-electron chi connectivity index (χ0n) is 15.2. The maximum Gasteiger partial charge on any atom is 0.191 e. The fourth-order valence-electron chi connectivity index (χ4n) is 3.28. The zero-order chi connectivity index (χ0) is 16.3. The molecular weight excluding hydrogens is 433 g/mol. The van der Waals surface area contributed by atoms with E-state index in [4.69, 9.17) is 9.73 Å². The van der Waals surface area contributed by atoms with Gasteiger partial charge in [-0.05, 0) is 44.8 Å². The Morgan fingerprint density at radius 3 is 2.96 bits per heavy atom. The number of nitrogens with one attached hydrogen (secondary N) is 2. The predicted octanol–water partition coefficient (Wildman–Crippen LogP) is 3.96. The molecule has 0 aromatic rings. The van der Waals surface area contributed by atoms with Crippen LogP contribution >= 0.6 is 35.7 Å². The van der Waals surface area contributed by atoms with Crippen LogP contribution in [0.1, 0.15) is 52.4 Å². The topological polar surface area (TPSA) is 45.7 Å². The Balaban J connectivity index is 0.00000288. The highest BCUT2D eigenvalue weighted by molar-refractivity contribution is 14.0. The SMILES string of the molecule is CCNC(=NCCC1=CCOCC1)NC1CCCC(SCC)C1.I. The number of nitrogens with zero attached hydrogens (tertiary/aromatic N) is 1. The average molecular weight is 467 g/mol. The van der Waals surface area contributed by atoms with Crippen LogP contribution in [-0.2, 0) is 4.74 Å². The Bertz CT molecular complexity index is 402. The minimum atomic E-state index is 0. The summed E-state index contributed by atoms with van der Waals surface area (Å²) in [5.74, 6) is 2.22. The van der Waals surface area contributed by atoms with Crippen molar-refractivity contribution in [2.45, 2.75) is 63.7 Å². The molecule has 0 amide bonds. The molecule has 1 aliphatic carbocycles. The summed E-state index contributed by atoms with van der Waals surface area (Å²) in [4.78, 5) is 4.78. The quantitative estimate of drug-likeness (QED) is 0.258. The molecule has 24 heavy (non-hydrogen) atoms. The molecule has 1 saturated carbocycles. The maximum absolute atomic E-state index is 5.36. The Kier molecular flexibility index (Phi) is 12.2. The molecule has 0 aromatic heterocycles. The lowest BCUT2D eigenvalue weighted by Gasteiger charge is -2.30. The van der Waals surface area contributed by atoms with Gasteiger partial charge in [0.1, 0.15) is 0 Å². The summed E-state index contributed by atoms with van der Waals surface area (Å²) in [7, 11) is 0. The number of hydrogen-bond acceptors (Lipinski definition) is 3. The van der Waals surface area contributed by atoms with Crippen molar-refractivity contribution in [3.8, 4) is 0 Å². The first-order chi connectivity index (χ1) is 11.3. The van der Waals surface area contributed by atoms with Gasteiger partial charge in [-0.2, -0.15) is 11.8 Å². The molecule has 2 N–H and O–H groups in total. The molecule has 6 heteroatoms. The maximum atomic E-state index is 5.36. The molecule has 0 bridgehead atoms. The highest BCUT2D eigenvalue weighted by Gasteiger charge is 2.22. The van der Waals surface area contributed by atoms with Gasteiger partial charge in [0, 0.05) is 24.4 Å². The summed E-state index contributed by atoms with van der Waals surface area (Å²) in [6, 6.07) is 0.577. The molecule has 4 nitrogen and oxygen atoms in total. The molecule has 2 rings (SSSR count). The summed E-state index contributed by atoms with van der Waals surface area (Å²) in [5, 5.41) is 7.89.